The van der Waals surface area contributed by atoms with Crippen molar-refractivity contribution in [2.24, 2.45) is 0 Å². The van der Waals surface area contributed by atoms with E-state index in [1.165, 1.54) is 12.8 Å². The minimum absolute atomic E-state index is 0.235. The normalized spacial score (nSPS) is 25.4. The number of hydrogen-bond acceptors (Lipinski definition) is 3. The van der Waals surface area contributed by atoms with Gasteiger partial charge in [-0.15, -0.1) is 0 Å². The van der Waals surface area contributed by atoms with E-state index in [0.717, 1.165) is 26.2 Å². The molecule has 0 amide bonds. The van der Waals surface area contributed by atoms with Crippen LogP contribution in [0.5, 0.6) is 0 Å². The zero-order valence-corrected chi connectivity index (χ0v) is 8.70. The fourth-order valence-corrected chi connectivity index (χ4v) is 1.78. The Labute approximate surface area is 80.7 Å². The lowest BCUT2D eigenvalue weighted by atomic mass is 10.2. The van der Waals surface area contributed by atoms with Gasteiger partial charge < -0.3 is 9.84 Å². The molecule has 3 heteroatoms. The summed E-state index contributed by atoms with van der Waals surface area (Å²) in [4.78, 5) is 2.25. The molecule has 2 atom stereocenters. The van der Waals surface area contributed by atoms with Crippen molar-refractivity contribution < 1.29 is 9.84 Å². The van der Waals surface area contributed by atoms with E-state index in [0.29, 0.717) is 6.10 Å². The quantitative estimate of drug-likeness (QED) is 0.693. The summed E-state index contributed by atoms with van der Waals surface area (Å²) in [6.45, 7) is 7.59. The second-order valence-electron chi connectivity index (χ2n) is 3.84. The molecule has 3 nitrogen and oxygen atoms in total. The van der Waals surface area contributed by atoms with E-state index in [4.69, 9.17) is 4.74 Å². The predicted molar refractivity (Wildman–Crippen MR) is 52.8 cm³/mol. The summed E-state index contributed by atoms with van der Waals surface area (Å²) in [6, 6.07) is 0. The fourth-order valence-electron chi connectivity index (χ4n) is 1.78. The summed E-state index contributed by atoms with van der Waals surface area (Å²) >= 11 is 0. The molecule has 0 spiro atoms. The van der Waals surface area contributed by atoms with Crippen molar-refractivity contribution in [2.75, 3.05) is 26.2 Å². The summed E-state index contributed by atoms with van der Waals surface area (Å²) in [5.74, 6) is 0. The Balaban J connectivity index is 2.21. The molecular formula is C10H21NO2. The fraction of sp³-hybridized carbons (Fsp3) is 1.00. The van der Waals surface area contributed by atoms with Crippen LogP contribution in [0.3, 0.4) is 0 Å². The summed E-state index contributed by atoms with van der Waals surface area (Å²) in [5, 5.41) is 9.25. The lowest BCUT2D eigenvalue weighted by molar-refractivity contribution is 0.0559. The highest BCUT2D eigenvalue weighted by molar-refractivity contribution is 4.70. The molecule has 1 saturated heterocycles. The van der Waals surface area contributed by atoms with Crippen molar-refractivity contribution in [1.29, 1.82) is 0 Å². The van der Waals surface area contributed by atoms with Gasteiger partial charge in [-0.1, -0.05) is 6.92 Å². The van der Waals surface area contributed by atoms with Gasteiger partial charge in [-0.2, -0.15) is 0 Å². The molecule has 13 heavy (non-hydrogen) atoms. The van der Waals surface area contributed by atoms with Crippen LogP contribution in [0, 0.1) is 0 Å². The summed E-state index contributed by atoms with van der Waals surface area (Å²) in [5.41, 5.74) is 0. The molecule has 0 aromatic carbocycles. The van der Waals surface area contributed by atoms with E-state index < -0.39 is 0 Å². The minimum Gasteiger partial charge on any atom is -0.392 e. The first kappa shape index (κ1) is 11.0. The number of ether oxygens (including phenoxy) is 1. The highest BCUT2D eigenvalue weighted by atomic mass is 16.5. The Bertz CT molecular complexity index is 133. The zero-order valence-electron chi connectivity index (χ0n) is 8.70. The molecule has 0 bridgehead atoms. The van der Waals surface area contributed by atoms with Gasteiger partial charge in [0.05, 0.1) is 12.2 Å². The van der Waals surface area contributed by atoms with Crippen LogP contribution in [-0.4, -0.2) is 48.5 Å². The van der Waals surface area contributed by atoms with Gasteiger partial charge >= 0.3 is 0 Å². The Hall–Kier alpha value is -0.120. The first-order valence-corrected chi connectivity index (χ1v) is 5.24. The molecule has 78 valence electrons. The Morgan fingerprint density at radius 2 is 2.38 bits per heavy atom. The molecule has 1 aliphatic rings. The Morgan fingerprint density at radius 1 is 1.62 bits per heavy atom. The topological polar surface area (TPSA) is 32.7 Å². The van der Waals surface area contributed by atoms with E-state index in [9.17, 15) is 5.11 Å². The van der Waals surface area contributed by atoms with Crippen molar-refractivity contribution >= 4 is 0 Å². The predicted octanol–water partition coefficient (Wildman–Crippen LogP) is 0.868. The zero-order chi connectivity index (χ0) is 9.68. The monoisotopic (exact) mass is 187 g/mol. The summed E-state index contributed by atoms with van der Waals surface area (Å²) < 4.78 is 5.54. The van der Waals surface area contributed by atoms with Crippen LogP contribution >= 0.6 is 0 Å². The van der Waals surface area contributed by atoms with Gasteiger partial charge in [0.25, 0.3) is 0 Å². The molecule has 0 aliphatic carbocycles. The second kappa shape index (κ2) is 5.58. The molecule has 1 aliphatic heterocycles. The molecule has 0 saturated carbocycles. The van der Waals surface area contributed by atoms with Gasteiger partial charge in [-0.3, -0.25) is 4.90 Å². The molecule has 1 heterocycles. The van der Waals surface area contributed by atoms with Crippen molar-refractivity contribution in [3.05, 3.63) is 0 Å². The molecule has 1 N–H and O–H groups in total. The maximum Gasteiger partial charge on any atom is 0.0702 e. The van der Waals surface area contributed by atoms with Crippen molar-refractivity contribution in [3.8, 4) is 0 Å². The summed E-state index contributed by atoms with van der Waals surface area (Å²) in [7, 11) is 0. The van der Waals surface area contributed by atoms with Crippen LogP contribution in [0.4, 0.5) is 0 Å². The van der Waals surface area contributed by atoms with Crippen LogP contribution in [0.25, 0.3) is 0 Å². The van der Waals surface area contributed by atoms with E-state index in [1.54, 1.807) is 0 Å². The van der Waals surface area contributed by atoms with Crippen molar-refractivity contribution in [2.45, 2.75) is 38.9 Å². The molecule has 1 fully saturated rings. The number of aliphatic hydroxyl groups excluding tert-OH is 1. The first-order chi connectivity index (χ1) is 6.22. The van der Waals surface area contributed by atoms with E-state index in [-0.39, 0.29) is 6.10 Å². The van der Waals surface area contributed by atoms with Crippen molar-refractivity contribution in [1.82, 2.24) is 4.90 Å². The van der Waals surface area contributed by atoms with Crippen LogP contribution in [-0.2, 0) is 4.74 Å². The largest absolute Gasteiger partial charge is 0.392 e. The van der Waals surface area contributed by atoms with Crippen LogP contribution < -0.4 is 0 Å². The molecular weight excluding hydrogens is 166 g/mol. The Kier molecular flexibility index (Phi) is 4.70. The molecule has 0 aromatic rings. The second-order valence-corrected chi connectivity index (χ2v) is 3.84. The van der Waals surface area contributed by atoms with Crippen molar-refractivity contribution in [3.63, 3.8) is 0 Å². The van der Waals surface area contributed by atoms with Gasteiger partial charge in [0.1, 0.15) is 0 Å². The lowest BCUT2D eigenvalue weighted by Gasteiger charge is -2.24. The average molecular weight is 187 g/mol. The molecule has 0 aromatic heterocycles. The van der Waals surface area contributed by atoms with Gasteiger partial charge in [-0.05, 0) is 26.3 Å². The van der Waals surface area contributed by atoms with Gasteiger partial charge in [0.2, 0.25) is 0 Å². The third kappa shape index (κ3) is 4.07. The maximum absolute atomic E-state index is 9.25. The highest BCUT2D eigenvalue weighted by Gasteiger charge is 2.18. The first-order valence-electron chi connectivity index (χ1n) is 5.24. The maximum atomic E-state index is 9.25. The lowest BCUT2D eigenvalue weighted by Crippen LogP contribution is -2.36. The average Bonchev–Trinajstić information content (AvgIpc) is 2.55. The summed E-state index contributed by atoms with van der Waals surface area (Å²) in [6.07, 6.45) is 2.53. The van der Waals surface area contributed by atoms with E-state index in [2.05, 4.69) is 11.8 Å². The van der Waals surface area contributed by atoms with Gasteiger partial charge in [0.15, 0.2) is 0 Å². The smallest absolute Gasteiger partial charge is 0.0702 e. The number of rotatable bonds is 5. The minimum atomic E-state index is -0.235. The van der Waals surface area contributed by atoms with E-state index in [1.807, 2.05) is 6.92 Å². The number of aliphatic hydroxyl groups is 1. The standard InChI is InChI=1S/C10H21NO2/c1-3-11(7-9(2)12)8-10-5-4-6-13-10/h9-10,12H,3-8H2,1-2H3/t9-,10?/m1/s1. The van der Waals surface area contributed by atoms with Crippen LogP contribution in [0.2, 0.25) is 0 Å². The Morgan fingerprint density at radius 3 is 2.85 bits per heavy atom. The highest BCUT2D eigenvalue weighted by Crippen LogP contribution is 2.13. The molecule has 0 radical (unpaired) electrons. The third-order valence-electron chi connectivity index (χ3n) is 2.46. The SMILES string of the molecule is CCN(CC1CCCO1)C[C@@H](C)O. The third-order valence-corrected chi connectivity index (χ3v) is 2.46. The van der Waals surface area contributed by atoms with Crippen LogP contribution in [0.1, 0.15) is 26.7 Å². The van der Waals surface area contributed by atoms with Crippen LogP contribution in [0.15, 0.2) is 0 Å². The van der Waals surface area contributed by atoms with Gasteiger partial charge in [0, 0.05) is 19.7 Å². The number of hydrogen-bond donors (Lipinski definition) is 1. The molecule has 1 unspecified atom stereocenters. The van der Waals surface area contributed by atoms with Gasteiger partial charge in [-0.25, -0.2) is 0 Å². The number of nitrogens with zero attached hydrogens (tertiary/aromatic N) is 1. The molecule has 1 rings (SSSR count). The van der Waals surface area contributed by atoms with E-state index >= 15 is 0 Å². The number of likely N-dealkylation sites (N-methyl/N-ethyl adjacent to an activating group) is 1.